The van der Waals surface area contributed by atoms with Crippen LogP contribution in [0.1, 0.15) is 17.7 Å². The molecular formula is C18H21Cl2FN2OS. The van der Waals surface area contributed by atoms with Gasteiger partial charge < -0.3 is 10.6 Å². The van der Waals surface area contributed by atoms with E-state index in [-0.39, 0.29) is 29.4 Å². The minimum absolute atomic E-state index is 0. The maximum absolute atomic E-state index is 13.3. The van der Waals surface area contributed by atoms with Crippen molar-refractivity contribution in [2.75, 3.05) is 13.6 Å². The molecule has 2 N–H and O–H groups in total. The third-order valence-corrected chi connectivity index (χ3v) is 5.10. The van der Waals surface area contributed by atoms with E-state index in [1.54, 1.807) is 12.1 Å². The molecular weight excluding hydrogens is 382 g/mol. The van der Waals surface area contributed by atoms with Gasteiger partial charge in [-0.2, -0.15) is 0 Å². The lowest BCUT2D eigenvalue weighted by atomic mass is 10.1. The lowest BCUT2D eigenvalue weighted by Crippen LogP contribution is -2.38. The van der Waals surface area contributed by atoms with Crippen LogP contribution in [-0.2, 0) is 4.79 Å². The summed E-state index contributed by atoms with van der Waals surface area (Å²) < 4.78 is 13.3. The first-order valence-electron chi connectivity index (χ1n) is 7.63. The highest BCUT2D eigenvalue weighted by molar-refractivity contribution is 8.00. The summed E-state index contributed by atoms with van der Waals surface area (Å²) in [6, 6.07) is 14.2. The molecule has 0 aromatic heterocycles. The summed E-state index contributed by atoms with van der Waals surface area (Å²) in [5.41, 5.74) is 0.887. The molecule has 0 bridgehead atoms. The van der Waals surface area contributed by atoms with Crippen LogP contribution in [0.2, 0.25) is 5.02 Å². The van der Waals surface area contributed by atoms with Crippen LogP contribution >= 0.6 is 35.8 Å². The highest BCUT2D eigenvalue weighted by atomic mass is 35.5. The van der Waals surface area contributed by atoms with Gasteiger partial charge in [-0.3, -0.25) is 4.79 Å². The summed E-state index contributed by atoms with van der Waals surface area (Å²) in [6.45, 7) is 2.52. The molecule has 0 aliphatic heterocycles. The van der Waals surface area contributed by atoms with E-state index in [1.807, 2.05) is 44.3 Å². The molecule has 0 aliphatic rings. The first-order valence-corrected chi connectivity index (χ1v) is 8.88. The number of rotatable bonds is 7. The Morgan fingerprint density at radius 2 is 1.92 bits per heavy atom. The van der Waals surface area contributed by atoms with Crippen molar-refractivity contribution in [1.82, 2.24) is 10.6 Å². The van der Waals surface area contributed by atoms with E-state index >= 15 is 0 Å². The minimum atomic E-state index is -0.468. The summed E-state index contributed by atoms with van der Waals surface area (Å²) >= 11 is 7.20. The number of thioether (sulfide) groups is 1. The van der Waals surface area contributed by atoms with Crippen LogP contribution in [0, 0.1) is 5.82 Å². The molecule has 2 aromatic carbocycles. The monoisotopic (exact) mass is 402 g/mol. The molecule has 0 saturated carbocycles. The number of carbonyl (C=O) groups excluding carboxylic acids is 1. The third kappa shape index (κ3) is 6.51. The highest BCUT2D eigenvalue weighted by Gasteiger charge is 2.22. The Morgan fingerprint density at radius 3 is 2.52 bits per heavy atom. The molecule has 1 amide bonds. The van der Waals surface area contributed by atoms with Crippen molar-refractivity contribution in [3.05, 3.63) is 64.9 Å². The van der Waals surface area contributed by atoms with Gasteiger partial charge in [0, 0.05) is 17.5 Å². The summed E-state index contributed by atoms with van der Waals surface area (Å²) in [5.74, 6) is -0.557. The summed E-state index contributed by atoms with van der Waals surface area (Å²) in [6.07, 6.45) is 0. The number of halogens is 3. The summed E-state index contributed by atoms with van der Waals surface area (Å²) in [5, 5.41) is 5.65. The molecule has 0 spiro atoms. The van der Waals surface area contributed by atoms with Gasteiger partial charge in [0.1, 0.15) is 11.1 Å². The second-order valence-electron chi connectivity index (χ2n) is 5.42. The predicted octanol–water partition coefficient (Wildman–Crippen LogP) is 4.46. The van der Waals surface area contributed by atoms with E-state index < -0.39 is 11.1 Å². The number of nitrogens with one attached hydrogen (secondary N) is 2. The molecule has 0 fully saturated rings. The molecule has 7 heteroatoms. The smallest absolute Gasteiger partial charge is 0.238 e. The highest BCUT2D eigenvalue weighted by Crippen LogP contribution is 2.36. The number of carbonyl (C=O) groups is 1. The summed E-state index contributed by atoms with van der Waals surface area (Å²) in [4.78, 5) is 13.4. The van der Waals surface area contributed by atoms with Crippen molar-refractivity contribution in [1.29, 1.82) is 0 Å². The zero-order valence-corrected chi connectivity index (χ0v) is 16.4. The van der Waals surface area contributed by atoms with Gasteiger partial charge >= 0.3 is 0 Å². The molecule has 2 unspecified atom stereocenters. The second-order valence-corrected chi connectivity index (χ2v) is 7.01. The van der Waals surface area contributed by atoms with Crippen molar-refractivity contribution < 1.29 is 9.18 Å². The Kier molecular flexibility index (Phi) is 9.28. The molecule has 2 aromatic rings. The van der Waals surface area contributed by atoms with E-state index in [4.69, 9.17) is 11.6 Å². The molecule has 136 valence electrons. The van der Waals surface area contributed by atoms with Gasteiger partial charge in [0.15, 0.2) is 0 Å². The fourth-order valence-electron chi connectivity index (χ4n) is 2.04. The standard InChI is InChI=1S/C18H20ClFN2OS.ClH/c1-12(21-2)11-22-18(23)17(13-6-4-3-5-7-13)24-14-8-9-16(20)15(19)10-14;/h3-10,12,17,21H,11H2,1-2H3,(H,22,23);1H. The Balaban J connectivity index is 0.00000312. The molecule has 2 rings (SSSR count). The van der Waals surface area contributed by atoms with Crippen molar-refractivity contribution in [2.45, 2.75) is 23.1 Å². The van der Waals surface area contributed by atoms with Crippen LogP contribution in [0.15, 0.2) is 53.4 Å². The first kappa shape index (κ1) is 21.8. The second kappa shape index (κ2) is 10.7. The van der Waals surface area contributed by atoms with Gasteiger partial charge in [-0.15, -0.1) is 24.2 Å². The van der Waals surface area contributed by atoms with Crippen LogP contribution in [0.4, 0.5) is 4.39 Å². The molecule has 25 heavy (non-hydrogen) atoms. The zero-order chi connectivity index (χ0) is 17.5. The van der Waals surface area contributed by atoms with Crippen molar-refractivity contribution >= 4 is 41.7 Å². The van der Waals surface area contributed by atoms with Crippen molar-refractivity contribution in [3.8, 4) is 0 Å². The van der Waals surface area contributed by atoms with Crippen molar-refractivity contribution in [3.63, 3.8) is 0 Å². The first-order chi connectivity index (χ1) is 11.5. The largest absolute Gasteiger partial charge is 0.353 e. The average Bonchev–Trinajstić information content (AvgIpc) is 2.61. The number of hydrogen-bond donors (Lipinski definition) is 2. The number of benzene rings is 2. The Hall–Kier alpha value is -1.27. The fraction of sp³-hybridized carbons (Fsp3) is 0.278. The zero-order valence-electron chi connectivity index (χ0n) is 14.0. The van der Waals surface area contributed by atoms with Crippen LogP contribution < -0.4 is 10.6 Å². The van der Waals surface area contributed by atoms with Crippen LogP contribution in [-0.4, -0.2) is 25.5 Å². The SMILES string of the molecule is CNC(C)CNC(=O)C(Sc1ccc(F)c(Cl)c1)c1ccccc1.Cl. The summed E-state index contributed by atoms with van der Waals surface area (Å²) in [7, 11) is 1.85. The van der Waals surface area contributed by atoms with Crippen LogP contribution in [0.25, 0.3) is 0 Å². The van der Waals surface area contributed by atoms with Gasteiger partial charge in [0.2, 0.25) is 5.91 Å². The topological polar surface area (TPSA) is 41.1 Å². The van der Waals surface area contributed by atoms with Gasteiger partial charge in [-0.1, -0.05) is 41.9 Å². The maximum atomic E-state index is 13.3. The molecule has 0 heterocycles. The average molecular weight is 403 g/mol. The van der Waals surface area contributed by atoms with Gasteiger partial charge in [0.25, 0.3) is 0 Å². The number of hydrogen-bond acceptors (Lipinski definition) is 3. The fourth-order valence-corrected chi connectivity index (χ4v) is 3.37. The van der Waals surface area contributed by atoms with E-state index in [0.717, 1.165) is 10.5 Å². The number of likely N-dealkylation sites (N-methyl/N-ethyl adjacent to an activating group) is 1. The van der Waals surface area contributed by atoms with E-state index in [2.05, 4.69) is 10.6 Å². The maximum Gasteiger partial charge on any atom is 0.238 e. The Labute approximate surface area is 163 Å². The Bertz CT molecular complexity index is 688. The van der Waals surface area contributed by atoms with Gasteiger partial charge in [-0.05, 0) is 37.7 Å². The normalized spacial score (nSPS) is 12.8. The van der Waals surface area contributed by atoms with E-state index in [1.165, 1.54) is 17.8 Å². The molecule has 3 nitrogen and oxygen atoms in total. The van der Waals surface area contributed by atoms with E-state index in [0.29, 0.717) is 6.54 Å². The number of amides is 1. The molecule has 0 radical (unpaired) electrons. The van der Waals surface area contributed by atoms with Crippen molar-refractivity contribution in [2.24, 2.45) is 0 Å². The Morgan fingerprint density at radius 1 is 1.24 bits per heavy atom. The quantitative estimate of drug-likeness (QED) is 0.671. The molecule has 2 atom stereocenters. The lowest BCUT2D eigenvalue weighted by Gasteiger charge is -2.19. The van der Waals surface area contributed by atoms with Crippen LogP contribution in [0.3, 0.4) is 0 Å². The third-order valence-electron chi connectivity index (χ3n) is 3.56. The lowest BCUT2D eigenvalue weighted by molar-refractivity contribution is -0.120. The van der Waals surface area contributed by atoms with Gasteiger partial charge in [0.05, 0.1) is 5.02 Å². The molecule has 0 saturated heterocycles. The molecule has 0 aliphatic carbocycles. The van der Waals surface area contributed by atoms with Gasteiger partial charge in [-0.25, -0.2) is 4.39 Å². The predicted molar refractivity (Wildman–Crippen MR) is 105 cm³/mol. The van der Waals surface area contributed by atoms with Crippen LogP contribution in [0.5, 0.6) is 0 Å². The minimum Gasteiger partial charge on any atom is -0.353 e. The van der Waals surface area contributed by atoms with E-state index in [9.17, 15) is 9.18 Å².